The van der Waals surface area contributed by atoms with Crippen molar-refractivity contribution in [1.29, 1.82) is 0 Å². The molecule has 0 unspecified atom stereocenters. The first kappa shape index (κ1) is 12.8. The minimum absolute atomic E-state index is 0.156. The van der Waals surface area contributed by atoms with Gasteiger partial charge >= 0.3 is 0 Å². The topological polar surface area (TPSA) is 64.0 Å². The fourth-order valence-corrected chi connectivity index (χ4v) is 2.87. The van der Waals surface area contributed by atoms with Gasteiger partial charge in [0.1, 0.15) is 5.82 Å². The molecule has 1 amide bonds. The van der Waals surface area contributed by atoms with Crippen molar-refractivity contribution < 1.29 is 4.79 Å². The minimum atomic E-state index is -0.350. The zero-order valence-electron chi connectivity index (χ0n) is 11.9. The SMILES string of the molecule is C[C@H]1NC(=O)c2ccccc2-n2c1nc1ccccc1c2=O. The molecule has 0 aliphatic carbocycles. The summed E-state index contributed by atoms with van der Waals surface area (Å²) in [6.07, 6.45) is 0. The van der Waals surface area contributed by atoms with Crippen LogP contribution in [0.4, 0.5) is 0 Å². The fraction of sp³-hybridized carbons (Fsp3) is 0.118. The summed E-state index contributed by atoms with van der Waals surface area (Å²) < 4.78 is 1.54. The Morgan fingerprint density at radius 1 is 1.05 bits per heavy atom. The van der Waals surface area contributed by atoms with E-state index in [9.17, 15) is 9.59 Å². The summed E-state index contributed by atoms with van der Waals surface area (Å²) in [5, 5.41) is 3.43. The molecule has 5 nitrogen and oxygen atoms in total. The van der Waals surface area contributed by atoms with Gasteiger partial charge in [0, 0.05) is 0 Å². The van der Waals surface area contributed by atoms with E-state index in [0.717, 1.165) is 0 Å². The molecule has 22 heavy (non-hydrogen) atoms. The van der Waals surface area contributed by atoms with Crippen LogP contribution in [0.1, 0.15) is 29.1 Å². The Hall–Kier alpha value is -2.95. The van der Waals surface area contributed by atoms with Crippen LogP contribution >= 0.6 is 0 Å². The van der Waals surface area contributed by atoms with Crippen LogP contribution in [-0.4, -0.2) is 15.5 Å². The van der Waals surface area contributed by atoms with Crippen molar-refractivity contribution in [1.82, 2.24) is 14.9 Å². The first-order valence-corrected chi connectivity index (χ1v) is 7.09. The number of fused-ring (bicyclic) bond motifs is 4. The molecule has 1 atom stereocenters. The Labute approximate surface area is 126 Å². The smallest absolute Gasteiger partial charge is 0.266 e. The number of carbonyl (C=O) groups is 1. The van der Waals surface area contributed by atoms with Gasteiger partial charge in [-0.2, -0.15) is 0 Å². The van der Waals surface area contributed by atoms with Crippen LogP contribution in [0.2, 0.25) is 0 Å². The molecule has 108 valence electrons. The highest BCUT2D eigenvalue weighted by Crippen LogP contribution is 2.24. The number of benzene rings is 2. The summed E-state index contributed by atoms with van der Waals surface area (Å²) in [6, 6.07) is 14.0. The summed E-state index contributed by atoms with van der Waals surface area (Å²) in [7, 11) is 0. The number of aromatic nitrogens is 2. The van der Waals surface area contributed by atoms with Crippen LogP contribution in [0, 0.1) is 0 Å². The van der Waals surface area contributed by atoms with Crippen molar-refractivity contribution in [3.05, 3.63) is 70.3 Å². The van der Waals surface area contributed by atoms with E-state index < -0.39 is 0 Å². The molecule has 1 N–H and O–H groups in total. The van der Waals surface area contributed by atoms with Crippen LogP contribution in [0.3, 0.4) is 0 Å². The van der Waals surface area contributed by atoms with Gasteiger partial charge in [0.25, 0.3) is 11.5 Å². The van der Waals surface area contributed by atoms with Gasteiger partial charge < -0.3 is 5.32 Å². The lowest BCUT2D eigenvalue weighted by Crippen LogP contribution is -2.28. The molecule has 1 aromatic heterocycles. The van der Waals surface area contributed by atoms with Gasteiger partial charge in [-0.15, -0.1) is 0 Å². The van der Waals surface area contributed by atoms with E-state index in [4.69, 9.17) is 0 Å². The third kappa shape index (κ3) is 1.69. The van der Waals surface area contributed by atoms with E-state index in [1.165, 1.54) is 0 Å². The van der Waals surface area contributed by atoms with Crippen molar-refractivity contribution >= 4 is 16.8 Å². The van der Waals surface area contributed by atoms with Crippen molar-refractivity contribution in [3.63, 3.8) is 0 Å². The van der Waals surface area contributed by atoms with Crippen LogP contribution in [0.15, 0.2) is 53.3 Å². The lowest BCUT2D eigenvalue weighted by molar-refractivity contribution is 0.0941. The summed E-state index contributed by atoms with van der Waals surface area (Å²) in [4.78, 5) is 29.9. The molecule has 1 aliphatic rings. The van der Waals surface area contributed by atoms with Crippen LogP contribution in [-0.2, 0) is 0 Å². The Morgan fingerprint density at radius 2 is 1.77 bits per heavy atom. The Bertz CT molecular complexity index is 975. The normalized spacial score (nSPS) is 16.6. The number of amides is 1. The Balaban J connectivity index is 2.20. The maximum atomic E-state index is 12.9. The van der Waals surface area contributed by atoms with Gasteiger partial charge in [-0.05, 0) is 31.2 Å². The Morgan fingerprint density at radius 3 is 2.64 bits per heavy atom. The number of nitrogens with zero attached hydrogens (tertiary/aromatic N) is 2. The van der Waals surface area contributed by atoms with E-state index in [2.05, 4.69) is 10.3 Å². The van der Waals surface area contributed by atoms with Crippen LogP contribution < -0.4 is 10.9 Å². The predicted octanol–water partition coefficient (Wildman–Crippen LogP) is 2.19. The highest BCUT2D eigenvalue weighted by atomic mass is 16.2. The third-order valence-electron chi connectivity index (χ3n) is 3.93. The van der Waals surface area contributed by atoms with Crippen LogP contribution in [0.25, 0.3) is 16.6 Å². The molecular weight excluding hydrogens is 278 g/mol. The molecule has 3 aromatic rings. The summed E-state index contributed by atoms with van der Waals surface area (Å²) in [5.41, 5.74) is 1.53. The zero-order valence-corrected chi connectivity index (χ0v) is 11.9. The second-order valence-electron chi connectivity index (χ2n) is 5.34. The monoisotopic (exact) mass is 291 g/mol. The first-order valence-electron chi connectivity index (χ1n) is 7.09. The fourth-order valence-electron chi connectivity index (χ4n) is 2.87. The summed E-state index contributed by atoms with van der Waals surface area (Å²) in [6.45, 7) is 1.83. The first-order chi connectivity index (χ1) is 10.7. The second-order valence-corrected chi connectivity index (χ2v) is 5.34. The lowest BCUT2D eigenvalue weighted by Gasteiger charge is -2.15. The van der Waals surface area contributed by atoms with E-state index in [0.29, 0.717) is 28.0 Å². The summed E-state index contributed by atoms with van der Waals surface area (Å²) in [5.74, 6) is 0.346. The molecular formula is C17H13N3O2. The van der Waals surface area contributed by atoms with Crippen molar-refractivity contribution in [2.24, 2.45) is 0 Å². The van der Waals surface area contributed by atoms with Gasteiger partial charge in [-0.3, -0.25) is 14.2 Å². The molecule has 4 rings (SSSR count). The molecule has 0 saturated carbocycles. The molecule has 0 bridgehead atoms. The molecule has 0 fully saturated rings. The molecule has 2 heterocycles. The second kappa shape index (κ2) is 4.53. The van der Waals surface area contributed by atoms with E-state index >= 15 is 0 Å². The maximum absolute atomic E-state index is 12.9. The molecule has 5 heteroatoms. The molecule has 2 aromatic carbocycles. The van der Waals surface area contributed by atoms with Crippen molar-refractivity contribution in [2.45, 2.75) is 13.0 Å². The number of nitrogens with one attached hydrogen (secondary N) is 1. The van der Waals surface area contributed by atoms with Crippen LogP contribution in [0.5, 0.6) is 0 Å². The lowest BCUT2D eigenvalue weighted by atomic mass is 10.1. The molecule has 0 spiro atoms. The molecule has 1 aliphatic heterocycles. The van der Waals surface area contributed by atoms with Gasteiger partial charge in [-0.25, -0.2) is 4.98 Å². The quantitative estimate of drug-likeness (QED) is 0.690. The van der Waals surface area contributed by atoms with Crippen molar-refractivity contribution in [2.75, 3.05) is 0 Å². The number of hydrogen-bond acceptors (Lipinski definition) is 3. The van der Waals surface area contributed by atoms with E-state index in [-0.39, 0.29) is 17.5 Å². The maximum Gasteiger partial charge on any atom is 0.266 e. The van der Waals surface area contributed by atoms with Gasteiger partial charge in [0.15, 0.2) is 0 Å². The number of hydrogen-bond donors (Lipinski definition) is 1. The highest BCUT2D eigenvalue weighted by Gasteiger charge is 2.26. The predicted molar refractivity (Wildman–Crippen MR) is 83.2 cm³/mol. The minimum Gasteiger partial charge on any atom is -0.342 e. The average molecular weight is 291 g/mol. The average Bonchev–Trinajstić information content (AvgIpc) is 2.64. The standard InChI is InChI=1S/C17H13N3O2/c1-10-15-19-13-8-4-2-6-11(13)17(22)20(15)14-9-5-3-7-12(14)16(21)18-10/h2-10H,1H3,(H,18,21)/t10-/m1/s1. The number of carbonyl (C=O) groups excluding carboxylic acids is 1. The zero-order chi connectivity index (χ0) is 15.3. The van der Waals surface area contributed by atoms with Gasteiger partial charge in [0.05, 0.1) is 28.2 Å². The number of rotatable bonds is 0. The number of para-hydroxylation sites is 2. The van der Waals surface area contributed by atoms with E-state index in [1.807, 2.05) is 31.2 Å². The molecule has 0 radical (unpaired) electrons. The molecule has 0 saturated heterocycles. The summed E-state index contributed by atoms with van der Waals surface area (Å²) >= 11 is 0. The largest absolute Gasteiger partial charge is 0.342 e. The third-order valence-corrected chi connectivity index (χ3v) is 3.93. The van der Waals surface area contributed by atoms with Crippen molar-refractivity contribution in [3.8, 4) is 5.69 Å². The van der Waals surface area contributed by atoms with Gasteiger partial charge in [-0.1, -0.05) is 24.3 Å². The Kier molecular flexibility index (Phi) is 2.63. The van der Waals surface area contributed by atoms with E-state index in [1.54, 1.807) is 28.8 Å². The highest BCUT2D eigenvalue weighted by molar-refractivity contribution is 5.98. The van der Waals surface area contributed by atoms with Gasteiger partial charge in [0.2, 0.25) is 0 Å².